The molecule has 1 aromatic carbocycles. The van der Waals surface area contributed by atoms with Crippen molar-refractivity contribution in [1.29, 1.82) is 0 Å². The molecular weight excluding hydrogens is 300 g/mol. The molecule has 5 nitrogen and oxygen atoms in total. The number of hydrogen-bond donors (Lipinski definition) is 1. The standard InChI is InChI=1S/C16H18N2O3S/c1-10-6-4-5-7-12(10)15(19)17-9-8-13-18-14(11(2)22-13)16(20)21-3/h4-7H,8-9H2,1-3H3,(H,17,19). The van der Waals surface area contributed by atoms with Gasteiger partial charge in [0.15, 0.2) is 5.69 Å². The Labute approximate surface area is 133 Å². The van der Waals surface area contributed by atoms with E-state index in [1.165, 1.54) is 18.4 Å². The number of methoxy groups -OCH3 is 1. The normalized spacial score (nSPS) is 10.3. The van der Waals surface area contributed by atoms with Gasteiger partial charge in [-0.25, -0.2) is 9.78 Å². The second kappa shape index (κ2) is 7.17. The third-order valence-electron chi connectivity index (χ3n) is 3.23. The van der Waals surface area contributed by atoms with Crippen LogP contribution in [0.2, 0.25) is 0 Å². The van der Waals surface area contributed by atoms with Gasteiger partial charge < -0.3 is 10.1 Å². The molecule has 1 N–H and O–H groups in total. The van der Waals surface area contributed by atoms with Crippen molar-refractivity contribution in [2.75, 3.05) is 13.7 Å². The lowest BCUT2D eigenvalue weighted by Gasteiger charge is -2.06. The third kappa shape index (κ3) is 3.71. The number of carbonyl (C=O) groups is 2. The minimum absolute atomic E-state index is 0.0976. The van der Waals surface area contributed by atoms with Crippen molar-refractivity contribution < 1.29 is 14.3 Å². The van der Waals surface area contributed by atoms with Crippen LogP contribution in [0.25, 0.3) is 0 Å². The Kier molecular flexibility index (Phi) is 5.27. The Hall–Kier alpha value is -2.21. The molecule has 116 valence electrons. The van der Waals surface area contributed by atoms with Crippen LogP contribution in [-0.4, -0.2) is 30.5 Å². The summed E-state index contributed by atoms with van der Waals surface area (Å²) in [7, 11) is 1.34. The third-order valence-corrected chi connectivity index (χ3v) is 4.26. The maximum Gasteiger partial charge on any atom is 0.357 e. The van der Waals surface area contributed by atoms with Gasteiger partial charge in [-0.05, 0) is 25.5 Å². The van der Waals surface area contributed by atoms with Crippen molar-refractivity contribution in [2.24, 2.45) is 0 Å². The molecular formula is C16H18N2O3S. The average Bonchev–Trinajstić information content (AvgIpc) is 2.87. The number of benzene rings is 1. The number of nitrogens with zero attached hydrogens (tertiary/aromatic N) is 1. The van der Waals surface area contributed by atoms with Crippen LogP contribution >= 0.6 is 11.3 Å². The van der Waals surface area contributed by atoms with Crippen LogP contribution in [0.3, 0.4) is 0 Å². The first kappa shape index (κ1) is 16.2. The Balaban J connectivity index is 1.93. The van der Waals surface area contributed by atoms with E-state index in [9.17, 15) is 9.59 Å². The van der Waals surface area contributed by atoms with Gasteiger partial charge in [0, 0.05) is 23.4 Å². The molecule has 0 unspecified atom stereocenters. The van der Waals surface area contributed by atoms with Gasteiger partial charge in [0.1, 0.15) is 0 Å². The highest BCUT2D eigenvalue weighted by Crippen LogP contribution is 2.18. The first-order valence-electron chi connectivity index (χ1n) is 6.91. The van der Waals surface area contributed by atoms with E-state index < -0.39 is 5.97 Å². The summed E-state index contributed by atoms with van der Waals surface area (Å²) in [6.07, 6.45) is 0.583. The number of nitrogens with one attached hydrogen (secondary N) is 1. The predicted octanol–water partition coefficient (Wildman–Crippen LogP) is 2.52. The molecule has 0 spiro atoms. The molecule has 0 fully saturated rings. The van der Waals surface area contributed by atoms with Gasteiger partial charge in [-0.1, -0.05) is 18.2 Å². The van der Waals surface area contributed by atoms with E-state index in [1.807, 2.05) is 32.0 Å². The molecule has 6 heteroatoms. The minimum atomic E-state index is -0.427. The average molecular weight is 318 g/mol. The fraction of sp³-hybridized carbons (Fsp3) is 0.312. The maximum atomic E-state index is 12.1. The summed E-state index contributed by atoms with van der Waals surface area (Å²) >= 11 is 1.45. The molecule has 0 aliphatic heterocycles. The van der Waals surface area contributed by atoms with Crippen molar-refractivity contribution in [2.45, 2.75) is 20.3 Å². The van der Waals surface area contributed by atoms with E-state index in [0.717, 1.165) is 15.4 Å². The van der Waals surface area contributed by atoms with E-state index in [-0.39, 0.29) is 5.91 Å². The summed E-state index contributed by atoms with van der Waals surface area (Å²) < 4.78 is 4.68. The van der Waals surface area contributed by atoms with Crippen molar-refractivity contribution in [3.63, 3.8) is 0 Å². The number of ether oxygens (including phenoxy) is 1. The molecule has 0 atom stereocenters. The van der Waals surface area contributed by atoms with Gasteiger partial charge >= 0.3 is 5.97 Å². The number of aryl methyl sites for hydroxylation is 2. The number of hydrogen-bond acceptors (Lipinski definition) is 5. The molecule has 0 saturated carbocycles. The van der Waals surface area contributed by atoms with Gasteiger partial charge in [0.2, 0.25) is 0 Å². The second-order valence-corrected chi connectivity index (χ2v) is 6.11. The molecule has 1 heterocycles. The van der Waals surface area contributed by atoms with E-state index in [2.05, 4.69) is 15.0 Å². The zero-order valence-electron chi connectivity index (χ0n) is 12.8. The van der Waals surface area contributed by atoms with Gasteiger partial charge in [-0.3, -0.25) is 4.79 Å². The minimum Gasteiger partial charge on any atom is -0.464 e. The summed E-state index contributed by atoms with van der Waals surface area (Å²) in [4.78, 5) is 28.7. The smallest absolute Gasteiger partial charge is 0.357 e. The number of aromatic nitrogens is 1. The number of rotatable bonds is 5. The van der Waals surface area contributed by atoms with Crippen LogP contribution in [0.4, 0.5) is 0 Å². The lowest BCUT2D eigenvalue weighted by atomic mass is 10.1. The molecule has 0 saturated heterocycles. The van der Waals surface area contributed by atoms with Gasteiger partial charge in [0.05, 0.1) is 12.1 Å². The lowest BCUT2D eigenvalue weighted by Crippen LogP contribution is -2.26. The van der Waals surface area contributed by atoms with Crippen LogP contribution in [0.5, 0.6) is 0 Å². The van der Waals surface area contributed by atoms with E-state index in [1.54, 1.807) is 6.07 Å². The maximum absolute atomic E-state index is 12.1. The molecule has 0 bridgehead atoms. The van der Waals surface area contributed by atoms with Crippen molar-refractivity contribution >= 4 is 23.2 Å². The Morgan fingerprint density at radius 1 is 1.27 bits per heavy atom. The molecule has 22 heavy (non-hydrogen) atoms. The molecule has 1 amide bonds. The Morgan fingerprint density at radius 3 is 2.68 bits per heavy atom. The van der Waals surface area contributed by atoms with Gasteiger partial charge in [0.25, 0.3) is 5.91 Å². The van der Waals surface area contributed by atoms with E-state index >= 15 is 0 Å². The van der Waals surface area contributed by atoms with Crippen molar-refractivity contribution in [1.82, 2.24) is 10.3 Å². The Morgan fingerprint density at radius 2 is 2.00 bits per heavy atom. The molecule has 2 rings (SSSR count). The van der Waals surface area contributed by atoms with Gasteiger partial charge in [-0.15, -0.1) is 11.3 Å². The zero-order chi connectivity index (χ0) is 16.1. The van der Waals surface area contributed by atoms with Crippen molar-refractivity contribution in [3.8, 4) is 0 Å². The summed E-state index contributed by atoms with van der Waals surface area (Å²) in [5, 5.41) is 3.68. The van der Waals surface area contributed by atoms with Gasteiger partial charge in [-0.2, -0.15) is 0 Å². The SMILES string of the molecule is COC(=O)c1nc(CCNC(=O)c2ccccc2C)sc1C. The summed E-state index contributed by atoms with van der Waals surface area (Å²) in [5.41, 5.74) is 1.97. The molecule has 0 radical (unpaired) electrons. The fourth-order valence-corrected chi connectivity index (χ4v) is 2.97. The number of thiazole rings is 1. The van der Waals surface area contributed by atoms with E-state index in [0.29, 0.717) is 24.2 Å². The highest BCUT2D eigenvalue weighted by Gasteiger charge is 2.15. The highest BCUT2D eigenvalue weighted by molar-refractivity contribution is 7.11. The second-order valence-electron chi connectivity index (χ2n) is 4.82. The van der Waals surface area contributed by atoms with Crippen LogP contribution in [-0.2, 0) is 11.2 Å². The molecule has 0 aliphatic carbocycles. The van der Waals surface area contributed by atoms with Crippen molar-refractivity contribution in [3.05, 3.63) is 51.0 Å². The molecule has 1 aromatic heterocycles. The van der Waals surface area contributed by atoms with Crippen LogP contribution in [0.1, 0.15) is 36.3 Å². The fourth-order valence-electron chi connectivity index (χ4n) is 2.05. The number of amides is 1. The highest BCUT2D eigenvalue weighted by atomic mass is 32.1. The molecule has 2 aromatic rings. The summed E-state index contributed by atoms with van der Waals surface area (Å²) in [5.74, 6) is -0.525. The quantitative estimate of drug-likeness (QED) is 0.860. The number of carbonyl (C=O) groups excluding carboxylic acids is 2. The summed E-state index contributed by atoms with van der Waals surface area (Å²) in [6, 6.07) is 7.45. The topological polar surface area (TPSA) is 68.3 Å². The monoisotopic (exact) mass is 318 g/mol. The lowest BCUT2D eigenvalue weighted by molar-refractivity contribution is 0.0593. The first-order valence-corrected chi connectivity index (χ1v) is 7.73. The zero-order valence-corrected chi connectivity index (χ0v) is 13.6. The van der Waals surface area contributed by atoms with Crippen LogP contribution in [0.15, 0.2) is 24.3 Å². The van der Waals surface area contributed by atoms with Crippen LogP contribution in [0, 0.1) is 13.8 Å². The van der Waals surface area contributed by atoms with Crippen LogP contribution < -0.4 is 5.32 Å². The molecule has 0 aliphatic rings. The first-order chi connectivity index (χ1) is 10.5. The number of esters is 1. The predicted molar refractivity (Wildman–Crippen MR) is 85.4 cm³/mol. The van der Waals surface area contributed by atoms with E-state index in [4.69, 9.17) is 0 Å². The Bertz CT molecular complexity index is 694. The summed E-state index contributed by atoms with van der Waals surface area (Å²) in [6.45, 7) is 4.21. The largest absolute Gasteiger partial charge is 0.464 e.